The van der Waals surface area contributed by atoms with Gasteiger partial charge in [-0.05, 0) is 18.9 Å². The molecule has 0 aliphatic carbocycles. The molecule has 0 bridgehead atoms. The van der Waals surface area contributed by atoms with Crippen molar-refractivity contribution in [2.45, 2.75) is 26.7 Å². The molecule has 0 saturated carbocycles. The molecule has 0 aliphatic rings. The first-order valence-corrected chi connectivity index (χ1v) is 6.89. The Balaban J connectivity index is 2.33. The Morgan fingerprint density at radius 3 is 2.65 bits per heavy atom. The van der Waals surface area contributed by atoms with Gasteiger partial charge in [-0.25, -0.2) is 15.0 Å². The lowest BCUT2D eigenvalue weighted by Gasteiger charge is -2.09. The minimum absolute atomic E-state index is 0.588. The van der Waals surface area contributed by atoms with Crippen LogP contribution in [0.1, 0.15) is 26.0 Å². The van der Waals surface area contributed by atoms with E-state index in [0.717, 1.165) is 36.5 Å². The van der Waals surface area contributed by atoms with E-state index in [2.05, 4.69) is 34.1 Å². The monoisotopic (exact) mass is 272 g/mol. The van der Waals surface area contributed by atoms with E-state index in [-0.39, 0.29) is 0 Å². The first-order valence-electron chi connectivity index (χ1n) is 6.89. The third-order valence-electron chi connectivity index (χ3n) is 2.90. The number of rotatable bonds is 6. The molecule has 0 saturated heterocycles. The van der Waals surface area contributed by atoms with Gasteiger partial charge in [-0.2, -0.15) is 0 Å². The number of pyridine rings is 1. The molecular formula is C15H20N4O. The van der Waals surface area contributed by atoms with Crippen molar-refractivity contribution in [2.24, 2.45) is 0 Å². The van der Waals surface area contributed by atoms with Crippen molar-refractivity contribution in [3.8, 4) is 17.3 Å². The Morgan fingerprint density at radius 2 is 2.05 bits per heavy atom. The zero-order chi connectivity index (χ0) is 14.4. The van der Waals surface area contributed by atoms with Crippen molar-refractivity contribution < 1.29 is 4.74 Å². The summed E-state index contributed by atoms with van der Waals surface area (Å²) in [6.45, 7) is 5.12. The lowest BCUT2D eigenvalue weighted by Crippen LogP contribution is -2.05. The first kappa shape index (κ1) is 14.2. The van der Waals surface area contributed by atoms with Crippen LogP contribution >= 0.6 is 0 Å². The molecule has 5 heteroatoms. The molecule has 20 heavy (non-hydrogen) atoms. The molecule has 2 aromatic rings. The Hall–Kier alpha value is -2.17. The normalized spacial score (nSPS) is 10.3. The minimum atomic E-state index is 0.588. The molecule has 1 N–H and O–H groups in total. The van der Waals surface area contributed by atoms with Gasteiger partial charge in [0, 0.05) is 36.1 Å². The molecule has 0 amide bonds. The van der Waals surface area contributed by atoms with E-state index in [1.54, 1.807) is 13.3 Å². The Labute approximate surface area is 119 Å². The van der Waals surface area contributed by atoms with Gasteiger partial charge < -0.3 is 10.1 Å². The standard InChI is InChI=1S/C15H20N4O/c1-4-8-16-13-9-12(5-2)18-15(19-13)11-6-7-14(20-3)17-10-11/h6-7,9-10H,4-5,8H2,1-3H3,(H,16,18,19). The number of hydrogen-bond donors (Lipinski definition) is 1. The molecule has 106 valence electrons. The molecule has 2 aromatic heterocycles. The summed E-state index contributed by atoms with van der Waals surface area (Å²) < 4.78 is 5.06. The van der Waals surface area contributed by atoms with E-state index in [9.17, 15) is 0 Å². The van der Waals surface area contributed by atoms with Crippen molar-refractivity contribution in [1.29, 1.82) is 0 Å². The molecule has 2 rings (SSSR count). The highest BCUT2D eigenvalue weighted by Crippen LogP contribution is 2.19. The number of nitrogens with zero attached hydrogens (tertiary/aromatic N) is 3. The van der Waals surface area contributed by atoms with Gasteiger partial charge >= 0.3 is 0 Å². The predicted octanol–water partition coefficient (Wildman–Crippen LogP) is 2.93. The second-order valence-electron chi connectivity index (χ2n) is 4.44. The minimum Gasteiger partial charge on any atom is -0.481 e. The highest BCUT2D eigenvalue weighted by Gasteiger charge is 2.07. The molecule has 0 aliphatic heterocycles. The largest absolute Gasteiger partial charge is 0.481 e. The fraction of sp³-hybridized carbons (Fsp3) is 0.400. The van der Waals surface area contributed by atoms with E-state index in [0.29, 0.717) is 11.7 Å². The van der Waals surface area contributed by atoms with E-state index < -0.39 is 0 Å². The van der Waals surface area contributed by atoms with Crippen molar-refractivity contribution >= 4 is 5.82 Å². The van der Waals surface area contributed by atoms with Gasteiger partial charge in [-0.15, -0.1) is 0 Å². The number of anilines is 1. The average molecular weight is 272 g/mol. The molecule has 2 heterocycles. The summed E-state index contributed by atoms with van der Waals surface area (Å²) in [6.07, 6.45) is 3.67. The molecule has 0 aromatic carbocycles. The van der Waals surface area contributed by atoms with Crippen LogP contribution in [-0.4, -0.2) is 28.6 Å². The summed E-state index contributed by atoms with van der Waals surface area (Å²) in [5.74, 6) is 2.15. The lowest BCUT2D eigenvalue weighted by atomic mass is 10.2. The number of aromatic nitrogens is 3. The average Bonchev–Trinajstić information content (AvgIpc) is 2.52. The maximum Gasteiger partial charge on any atom is 0.212 e. The quantitative estimate of drug-likeness (QED) is 0.876. The summed E-state index contributed by atoms with van der Waals surface area (Å²) in [5, 5.41) is 3.31. The molecular weight excluding hydrogens is 252 g/mol. The van der Waals surface area contributed by atoms with Crippen molar-refractivity contribution in [3.05, 3.63) is 30.1 Å². The van der Waals surface area contributed by atoms with E-state index >= 15 is 0 Å². The van der Waals surface area contributed by atoms with Crippen LogP contribution in [0.4, 0.5) is 5.82 Å². The summed E-state index contributed by atoms with van der Waals surface area (Å²) in [6, 6.07) is 5.73. The van der Waals surface area contributed by atoms with Gasteiger partial charge in [0.1, 0.15) is 5.82 Å². The number of aryl methyl sites for hydroxylation is 1. The predicted molar refractivity (Wildman–Crippen MR) is 80.0 cm³/mol. The topological polar surface area (TPSA) is 59.9 Å². The molecule has 0 spiro atoms. The summed E-state index contributed by atoms with van der Waals surface area (Å²) in [4.78, 5) is 13.3. The van der Waals surface area contributed by atoms with Gasteiger partial charge in [0.15, 0.2) is 5.82 Å². The zero-order valence-corrected chi connectivity index (χ0v) is 12.2. The van der Waals surface area contributed by atoms with E-state index in [1.165, 1.54) is 0 Å². The van der Waals surface area contributed by atoms with Crippen molar-refractivity contribution in [3.63, 3.8) is 0 Å². The van der Waals surface area contributed by atoms with Gasteiger partial charge in [0.05, 0.1) is 7.11 Å². The van der Waals surface area contributed by atoms with Gasteiger partial charge in [0.25, 0.3) is 0 Å². The highest BCUT2D eigenvalue weighted by molar-refractivity contribution is 5.57. The van der Waals surface area contributed by atoms with Crippen LogP contribution in [0.2, 0.25) is 0 Å². The van der Waals surface area contributed by atoms with Gasteiger partial charge in [-0.3, -0.25) is 0 Å². The second kappa shape index (κ2) is 6.84. The van der Waals surface area contributed by atoms with E-state index in [1.807, 2.05) is 18.2 Å². The molecule has 0 unspecified atom stereocenters. The molecule has 0 atom stereocenters. The van der Waals surface area contributed by atoms with E-state index in [4.69, 9.17) is 4.74 Å². The number of ether oxygens (including phenoxy) is 1. The summed E-state index contributed by atoms with van der Waals surface area (Å²) in [5.41, 5.74) is 1.91. The maximum absolute atomic E-state index is 5.06. The van der Waals surface area contributed by atoms with Crippen LogP contribution in [0.25, 0.3) is 11.4 Å². The second-order valence-corrected chi connectivity index (χ2v) is 4.44. The van der Waals surface area contributed by atoms with Crippen LogP contribution in [0, 0.1) is 0 Å². The zero-order valence-electron chi connectivity index (χ0n) is 12.2. The van der Waals surface area contributed by atoms with Crippen LogP contribution in [0.3, 0.4) is 0 Å². The third-order valence-corrected chi connectivity index (χ3v) is 2.90. The number of methoxy groups -OCH3 is 1. The summed E-state index contributed by atoms with van der Waals surface area (Å²) >= 11 is 0. The molecule has 5 nitrogen and oxygen atoms in total. The van der Waals surface area contributed by atoms with Crippen molar-refractivity contribution in [2.75, 3.05) is 19.0 Å². The van der Waals surface area contributed by atoms with Gasteiger partial charge in [0.2, 0.25) is 5.88 Å². The third kappa shape index (κ3) is 3.44. The SMILES string of the molecule is CCCNc1cc(CC)nc(-c2ccc(OC)nc2)n1. The van der Waals surface area contributed by atoms with Crippen LogP contribution in [-0.2, 0) is 6.42 Å². The molecule has 0 radical (unpaired) electrons. The van der Waals surface area contributed by atoms with Crippen LogP contribution in [0.15, 0.2) is 24.4 Å². The van der Waals surface area contributed by atoms with Gasteiger partial charge in [-0.1, -0.05) is 13.8 Å². The molecule has 0 fully saturated rings. The lowest BCUT2D eigenvalue weighted by molar-refractivity contribution is 0.398. The first-order chi connectivity index (χ1) is 9.76. The summed E-state index contributed by atoms with van der Waals surface area (Å²) in [7, 11) is 1.60. The highest BCUT2D eigenvalue weighted by atomic mass is 16.5. The fourth-order valence-electron chi connectivity index (χ4n) is 1.78. The Morgan fingerprint density at radius 1 is 1.20 bits per heavy atom. The maximum atomic E-state index is 5.06. The fourth-order valence-corrected chi connectivity index (χ4v) is 1.78. The van der Waals surface area contributed by atoms with Crippen LogP contribution < -0.4 is 10.1 Å². The number of hydrogen-bond acceptors (Lipinski definition) is 5. The van der Waals surface area contributed by atoms with Crippen LogP contribution in [0.5, 0.6) is 5.88 Å². The smallest absolute Gasteiger partial charge is 0.212 e. The number of nitrogens with one attached hydrogen (secondary N) is 1. The Kier molecular flexibility index (Phi) is 4.87. The Bertz CT molecular complexity index is 554. The van der Waals surface area contributed by atoms with Crippen molar-refractivity contribution in [1.82, 2.24) is 15.0 Å².